The Labute approximate surface area is 79.4 Å². The van der Waals surface area contributed by atoms with Gasteiger partial charge in [0.05, 0.1) is 12.7 Å². The molecule has 0 spiro atoms. The molecule has 0 aliphatic rings. The molecular formula is C10H18O3. The third-order valence-corrected chi connectivity index (χ3v) is 1.68. The number of carbonyl (C=O) groups excluding carboxylic acids is 1. The number of hydrogen-bond donors (Lipinski definition) is 1. The van der Waals surface area contributed by atoms with Gasteiger partial charge >= 0.3 is 5.97 Å². The maximum Gasteiger partial charge on any atom is 0.330 e. The lowest BCUT2D eigenvalue weighted by Gasteiger charge is -2.03. The topological polar surface area (TPSA) is 46.5 Å². The average Bonchev–Trinajstić information content (AvgIpc) is 2.10. The summed E-state index contributed by atoms with van der Waals surface area (Å²) < 4.78 is 4.78. The molecule has 0 aromatic rings. The van der Waals surface area contributed by atoms with Crippen LogP contribution >= 0.6 is 0 Å². The Hall–Kier alpha value is -0.830. The minimum Gasteiger partial charge on any atom is -0.463 e. The van der Waals surface area contributed by atoms with E-state index >= 15 is 0 Å². The molecule has 1 N–H and O–H groups in total. The van der Waals surface area contributed by atoms with Crippen molar-refractivity contribution in [2.75, 3.05) is 6.61 Å². The van der Waals surface area contributed by atoms with E-state index in [0.29, 0.717) is 6.61 Å². The van der Waals surface area contributed by atoms with Crippen LogP contribution in [-0.4, -0.2) is 23.8 Å². The number of hydrogen-bond acceptors (Lipinski definition) is 3. The predicted molar refractivity (Wildman–Crippen MR) is 51.3 cm³/mol. The summed E-state index contributed by atoms with van der Waals surface area (Å²) in [5.41, 5.74) is 0. The summed E-state index contributed by atoms with van der Waals surface area (Å²) in [6.45, 7) is 5.52. The monoisotopic (exact) mass is 186 g/mol. The molecule has 0 bridgehead atoms. The summed E-state index contributed by atoms with van der Waals surface area (Å²) in [6.07, 6.45) is 4.56. The van der Waals surface area contributed by atoms with Gasteiger partial charge < -0.3 is 9.84 Å². The zero-order valence-corrected chi connectivity index (χ0v) is 8.16. The smallest absolute Gasteiger partial charge is 0.330 e. The summed E-state index contributed by atoms with van der Waals surface area (Å²) in [7, 11) is 0. The lowest BCUT2D eigenvalue weighted by molar-refractivity contribution is -0.137. The fourth-order valence-corrected chi connectivity index (χ4v) is 0.950. The average molecular weight is 186 g/mol. The van der Waals surface area contributed by atoms with Crippen LogP contribution in [0.25, 0.3) is 0 Å². The van der Waals surface area contributed by atoms with Gasteiger partial charge in [0.2, 0.25) is 0 Å². The highest BCUT2D eigenvalue weighted by molar-refractivity contribution is 5.81. The first-order valence-electron chi connectivity index (χ1n) is 4.64. The highest BCUT2D eigenvalue weighted by Crippen LogP contribution is 2.03. The number of aliphatic hydroxyl groups excluding tert-OH is 1. The predicted octanol–water partition coefficient (Wildman–Crippen LogP) is 1.66. The summed E-state index contributed by atoms with van der Waals surface area (Å²) in [4.78, 5) is 10.6. The molecule has 0 rings (SSSR count). The molecule has 0 aromatic heterocycles. The zero-order valence-electron chi connectivity index (χ0n) is 8.16. The number of esters is 1. The highest BCUT2D eigenvalue weighted by Gasteiger charge is 1.97. The van der Waals surface area contributed by atoms with Gasteiger partial charge in [0, 0.05) is 6.08 Å². The molecule has 0 heterocycles. The molecule has 0 fully saturated rings. The van der Waals surface area contributed by atoms with Gasteiger partial charge in [-0.25, -0.2) is 4.79 Å². The van der Waals surface area contributed by atoms with Gasteiger partial charge in [-0.2, -0.15) is 0 Å². The molecule has 76 valence electrons. The molecule has 0 aliphatic carbocycles. The third kappa shape index (κ3) is 9.08. The van der Waals surface area contributed by atoms with Crippen molar-refractivity contribution in [3.63, 3.8) is 0 Å². The van der Waals surface area contributed by atoms with Crippen LogP contribution in [0, 0.1) is 0 Å². The molecule has 0 saturated carbocycles. The van der Waals surface area contributed by atoms with Gasteiger partial charge in [-0.3, -0.25) is 0 Å². The van der Waals surface area contributed by atoms with E-state index in [1.807, 2.05) is 0 Å². The second-order valence-corrected chi connectivity index (χ2v) is 3.07. The fourth-order valence-electron chi connectivity index (χ4n) is 0.950. The Morgan fingerprint density at radius 1 is 1.54 bits per heavy atom. The van der Waals surface area contributed by atoms with Crippen molar-refractivity contribution in [3.8, 4) is 0 Å². The van der Waals surface area contributed by atoms with E-state index < -0.39 is 0 Å². The molecular weight excluding hydrogens is 168 g/mol. The second kappa shape index (κ2) is 7.80. The Morgan fingerprint density at radius 3 is 2.77 bits per heavy atom. The van der Waals surface area contributed by atoms with Gasteiger partial charge in [-0.05, 0) is 26.2 Å². The second-order valence-electron chi connectivity index (χ2n) is 3.07. The Kier molecular flexibility index (Phi) is 7.30. The number of unbranched alkanes of at least 4 members (excludes halogenated alkanes) is 2. The van der Waals surface area contributed by atoms with Crippen molar-refractivity contribution in [2.45, 2.75) is 38.7 Å². The molecule has 0 amide bonds. The van der Waals surface area contributed by atoms with Crippen LogP contribution in [0.3, 0.4) is 0 Å². The Balaban J connectivity index is 3.08. The quantitative estimate of drug-likeness (QED) is 0.373. The van der Waals surface area contributed by atoms with Crippen molar-refractivity contribution in [1.29, 1.82) is 0 Å². The molecule has 0 aromatic carbocycles. The summed E-state index contributed by atoms with van der Waals surface area (Å²) >= 11 is 0. The molecule has 0 saturated heterocycles. The summed E-state index contributed by atoms with van der Waals surface area (Å²) in [5, 5.41) is 8.94. The molecule has 13 heavy (non-hydrogen) atoms. The first-order valence-corrected chi connectivity index (χ1v) is 4.64. The van der Waals surface area contributed by atoms with E-state index in [9.17, 15) is 4.79 Å². The lowest BCUT2D eigenvalue weighted by atomic mass is 10.1. The van der Waals surface area contributed by atoms with Crippen LogP contribution in [0.1, 0.15) is 32.6 Å². The van der Waals surface area contributed by atoms with E-state index in [4.69, 9.17) is 9.84 Å². The minimum absolute atomic E-state index is 0.226. The van der Waals surface area contributed by atoms with E-state index in [1.165, 1.54) is 0 Å². The molecule has 0 radical (unpaired) electrons. The maximum atomic E-state index is 10.6. The van der Waals surface area contributed by atoms with Gasteiger partial charge in [0.15, 0.2) is 0 Å². The van der Waals surface area contributed by atoms with Gasteiger partial charge in [-0.15, -0.1) is 0 Å². The highest BCUT2D eigenvalue weighted by atomic mass is 16.5. The third-order valence-electron chi connectivity index (χ3n) is 1.68. The van der Waals surface area contributed by atoms with Crippen molar-refractivity contribution >= 4 is 5.97 Å². The number of aliphatic hydroxyl groups is 1. The van der Waals surface area contributed by atoms with Crippen LogP contribution in [0.2, 0.25) is 0 Å². The first-order chi connectivity index (χ1) is 6.16. The fraction of sp³-hybridized carbons (Fsp3) is 0.700. The molecule has 0 aliphatic heterocycles. The maximum absolute atomic E-state index is 10.6. The number of carbonyl (C=O) groups is 1. The summed E-state index contributed by atoms with van der Waals surface area (Å²) in [5.74, 6) is -0.365. The lowest BCUT2D eigenvalue weighted by Crippen LogP contribution is -2.02. The van der Waals surface area contributed by atoms with Crippen molar-refractivity contribution in [1.82, 2.24) is 0 Å². The first kappa shape index (κ1) is 12.2. The molecule has 1 unspecified atom stereocenters. The molecule has 3 heteroatoms. The van der Waals surface area contributed by atoms with Crippen LogP contribution in [0.4, 0.5) is 0 Å². The van der Waals surface area contributed by atoms with Crippen molar-refractivity contribution < 1.29 is 14.6 Å². The molecule has 3 nitrogen and oxygen atoms in total. The Bertz CT molecular complexity index is 152. The largest absolute Gasteiger partial charge is 0.463 e. The zero-order chi connectivity index (χ0) is 10.1. The van der Waals surface area contributed by atoms with E-state index in [0.717, 1.165) is 31.8 Å². The standard InChI is InChI=1S/C10H18O3/c1-3-10(12)13-8-6-4-5-7-9(2)11/h3,9,11H,1,4-8H2,2H3. The van der Waals surface area contributed by atoms with Gasteiger partial charge in [0.1, 0.15) is 0 Å². The van der Waals surface area contributed by atoms with Gasteiger partial charge in [-0.1, -0.05) is 13.0 Å². The SMILES string of the molecule is C=CC(=O)OCCCCCC(C)O. The number of rotatable bonds is 7. The summed E-state index contributed by atoms with van der Waals surface area (Å²) in [6, 6.07) is 0. The van der Waals surface area contributed by atoms with Crippen LogP contribution in [0.5, 0.6) is 0 Å². The van der Waals surface area contributed by atoms with Crippen LogP contribution in [-0.2, 0) is 9.53 Å². The van der Waals surface area contributed by atoms with E-state index in [1.54, 1.807) is 6.92 Å². The van der Waals surface area contributed by atoms with Crippen LogP contribution < -0.4 is 0 Å². The Morgan fingerprint density at radius 2 is 2.23 bits per heavy atom. The van der Waals surface area contributed by atoms with Crippen molar-refractivity contribution in [3.05, 3.63) is 12.7 Å². The van der Waals surface area contributed by atoms with Crippen molar-refractivity contribution in [2.24, 2.45) is 0 Å². The van der Waals surface area contributed by atoms with E-state index in [2.05, 4.69) is 6.58 Å². The molecule has 1 atom stereocenters. The normalized spacial score (nSPS) is 12.2. The van der Waals surface area contributed by atoms with E-state index in [-0.39, 0.29) is 12.1 Å². The van der Waals surface area contributed by atoms with Crippen LogP contribution in [0.15, 0.2) is 12.7 Å². The minimum atomic E-state index is -0.365. The number of ether oxygens (including phenoxy) is 1. The van der Waals surface area contributed by atoms with Gasteiger partial charge in [0.25, 0.3) is 0 Å².